The van der Waals surface area contributed by atoms with Crippen molar-refractivity contribution in [2.45, 2.75) is 0 Å². The topological polar surface area (TPSA) is 126 Å². The molecule has 3 rings (SSSR count). The Kier molecular flexibility index (Phi) is 3.28. The van der Waals surface area contributed by atoms with Gasteiger partial charge in [0.05, 0.1) is 10.7 Å². The summed E-state index contributed by atoms with van der Waals surface area (Å²) in [6, 6.07) is 5.13. The number of benzene rings is 1. The molecular weight excluding hydrogens is 294 g/mol. The zero-order valence-electron chi connectivity index (χ0n) is 10.5. The summed E-state index contributed by atoms with van der Waals surface area (Å²) >= 11 is 6.14. The fourth-order valence-corrected chi connectivity index (χ4v) is 2.09. The number of oxazole rings is 1. The molecule has 0 atom stereocenters. The molecule has 0 bridgehead atoms. The first-order chi connectivity index (χ1) is 10.2. The molecule has 0 amide bonds. The lowest BCUT2D eigenvalue weighted by Gasteiger charge is -2.04. The van der Waals surface area contributed by atoms with Gasteiger partial charge in [0.15, 0.2) is 17.8 Å². The first kappa shape index (κ1) is 13.1. The monoisotopic (exact) mass is 301 g/mol. The van der Waals surface area contributed by atoms with Crippen LogP contribution >= 0.6 is 11.6 Å². The molecule has 0 radical (unpaired) electrons. The second-order valence-corrected chi connectivity index (χ2v) is 4.44. The van der Waals surface area contributed by atoms with Crippen molar-refractivity contribution in [2.75, 3.05) is 0 Å². The van der Waals surface area contributed by atoms with Crippen molar-refractivity contribution in [1.82, 2.24) is 15.0 Å². The van der Waals surface area contributed by atoms with E-state index in [0.717, 1.165) is 5.56 Å². The van der Waals surface area contributed by atoms with E-state index in [-0.39, 0.29) is 5.84 Å². The average molecular weight is 302 g/mol. The molecule has 0 aliphatic carbocycles. The van der Waals surface area contributed by atoms with Crippen molar-refractivity contribution in [3.05, 3.63) is 41.6 Å². The third kappa shape index (κ3) is 2.43. The van der Waals surface area contributed by atoms with Gasteiger partial charge in [-0.05, 0) is 18.2 Å². The van der Waals surface area contributed by atoms with Crippen LogP contribution in [0.3, 0.4) is 0 Å². The maximum Gasteiger partial charge on any atom is 0.182 e. The van der Waals surface area contributed by atoms with Crippen LogP contribution < -0.4 is 5.73 Å². The highest BCUT2D eigenvalue weighted by Gasteiger charge is 2.10. The predicted molar refractivity (Wildman–Crippen MR) is 75.9 cm³/mol. The minimum atomic E-state index is 0.0299. The van der Waals surface area contributed by atoms with Gasteiger partial charge in [-0.2, -0.15) is 5.53 Å². The number of nitrogens with one attached hydrogen (secondary N) is 1. The number of halogens is 1. The van der Waals surface area contributed by atoms with Crippen LogP contribution in [0.4, 0.5) is 0 Å². The average Bonchev–Trinajstić information content (AvgIpc) is 2.96. The van der Waals surface area contributed by atoms with E-state index >= 15 is 0 Å². The van der Waals surface area contributed by atoms with Gasteiger partial charge < -0.3 is 10.2 Å². The first-order valence-corrected chi connectivity index (χ1v) is 6.12. The van der Waals surface area contributed by atoms with Gasteiger partial charge in [-0.3, -0.25) is 0 Å². The maximum absolute atomic E-state index is 6.68. The molecule has 3 N–H and O–H groups in total. The second kappa shape index (κ2) is 5.25. The number of rotatable bonds is 3. The molecule has 0 aliphatic rings. The van der Waals surface area contributed by atoms with Crippen LogP contribution in [0.25, 0.3) is 22.4 Å². The third-order valence-corrected chi connectivity index (χ3v) is 3.05. The Morgan fingerprint density at radius 2 is 2.10 bits per heavy atom. The number of hydrogen-bond donors (Lipinski definition) is 2. The summed E-state index contributed by atoms with van der Waals surface area (Å²) in [5.41, 5.74) is 15.2. The second-order valence-electron chi connectivity index (χ2n) is 4.03. The van der Waals surface area contributed by atoms with Crippen molar-refractivity contribution in [1.29, 1.82) is 5.53 Å². The SMILES string of the molecule is N=NN=C(N)c1cc(-c2cc(Cl)c3ocnc3c2)ncn1. The van der Waals surface area contributed by atoms with Crippen molar-refractivity contribution < 1.29 is 4.42 Å². The number of nitrogens with two attached hydrogens (primary N) is 1. The lowest BCUT2D eigenvalue weighted by molar-refractivity contribution is 0.602. The van der Waals surface area contributed by atoms with Crippen LogP contribution in [-0.4, -0.2) is 20.8 Å². The summed E-state index contributed by atoms with van der Waals surface area (Å²) in [7, 11) is 0. The molecule has 8 nitrogen and oxygen atoms in total. The molecule has 2 aromatic heterocycles. The summed E-state index contributed by atoms with van der Waals surface area (Å²) in [4.78, 5) is 12.2. The minimum absolute atomic E-state index is 0.0299. The Labute approximate surface area is 123 Å². The zero-order chi connectivity index (χ0) is 14.8. The number of nitrogens with zero attached hydrogens (tertiary/aromatic N) is 5. The van der Waals surface area contributed by atoms with E-state index < -0.39 is 0 Å². The van der Waals surface area contributed by atoms with Crippen LogP contribution in [0.5, 0.6) is 0 Å². The summed E-state index contributed by atoms with van der Waals surface area (Å²) in [5.74, 6) is 0.0299. The van der Waals surface area contributed by atoms with Gasteiger partial charge in [-0.1, -0.05) is 16.8 Å². The van der Waals surface area contributed by atoms with E-state index in [2.05, 4.69) is 25.3 Å². The molecule has 3 aromatic rings. The summed E-state index contributed by atoms with van der Waals surface area (Å²) in [5, 5.41) is 6.74. The van der Waals surface area contributed by atoms with Crippen LogP contribution in [0.15, 0.2) is 45.7 Å². The fourth-order valence-electron chi connectivity index (χ4n) is 1.84. The lowest BCUT2D eigenvalue weighted by atomic mass is 10.1. The molecule has 21 heavy (non-hydrogen) atoms. The number of fused-ring (bicyclic) bond motifs is 1. The molecule has 0 unspecified atom stereocenters. The third-order valence-electron chi connectivity index (χ3n) is 2.77. The molecule has 0 saturated heterocycles. The molecule has 0 saturated carbocycles. The highest BCUT2D eigenvalue weighted by Crippen LogP contribution is 2.29. The first-order valence-electron chi connectivity index (χ1n) is 5.74. The normalized spacial score (nSPS) is 11.8. The Balaban J connectivity index is 2.12. The van der Waals surface area contributed by atoms with Crippen LogP contribution in [-0.2, 0) is 0 Å². The molecular formula is C12H8ClN7O. The highest BCUT2D eigenvalue weighted by atomic mass is 35.5. The molecule has 1 aromatic carbocycles. The zero-order valence-corrected chi connectivity index (χ0v) is 11.2. The summed E-state index contributed by atoms with van der Waals surface area (Å²) in [6.07, 6.45) is 2.67. The Morgan fingerprint density at radius 1 is 1.24 bits per heavy atom. The van der Waals surface area contributed by atoms with Gasteiger partial charge in [0.25, 0.3) is 0 Å². The van der Waals surface area contributed by atoms with E-state index in [0.29, 0.717) is 27.5 Å². The van der Waals surface area contributed by atoms with Crippen LogP contribution in [0.2, 0.25) is 5.02 Å². The highest BCUT2D eigenvalue weighted by molar-refractivity contribution is 6.35. The van der Waals surface area contributed by atoms with Crippen LogP contribution in [0, 0.1) is 5.53 Å². The molecule has 0 fully saturated rings. The van der Waals surface area contributed by atoms with E-state index in [1.807, 2.05) is 0 Å². The minimum Gasteiger partial charge on any atom is -0.442 e. The van der Waals surface area contributed by atoms with Gasteiger partial charge in [0, 0.05) is 5.56 Å². The van der Waals surface area contributed by atoms with Gasteiger partial charge in [-0.15, -0.1) is 5.10 Å². The van der Waals surface area contributed by atoms with Gasteiger partial charge in [0.1, 0.15) is 17.5 Å². The Morgan fingerprint density at radius 3 is 2.90 bits per heavy atom. The van der Waals surface area contributed by atoms with Crippen LogP contribution in [0.1, 0.15) is 5.69 Å². The summed E-state index contributed by atoms with van der Waals surface area (Å²) in [6.45, 7) is 0. The van der Waals surface area contributed by atoms with Crippen molar-refractivity contribution in [3.8, 4) is 11.3 Å². The Hall–Kier alpha value is -2.87. The smallest absolute Gasteiger partial charge is 0.182 e. The van der Waals surface area contributed by atoms with E-state index in [1.165, 1.54) is 12.7 Å². The van der Waals surface area contributed by atoms with Crippen molar-refractivity contribution in [2.24, 2.45) is 16.1 Å². The quantitative estimate of drug-likeness (QED) is 0.333. The number of aromatic nitrogens is 3. The van der Waals surface area contributed by atoms with Gasteiger partial charge in [0.2, 0.25) is 0 Å². The molecule has 2 heterocycles. The van der Waals surface area contributed by atoms with Gasteiger partial charge in [-0.25, -0.2) is 15.0 Å². The number of amidine groups is 1. The lowest BCUT2D eigenvalue weighted by Crippen LogP contribution is -2.14. The van der Waals surface area contributed by atoms with Crippen molar-refractivity contribution >= 4 is 28.5 Å². The van der Waals surface area contributed by atoms with E-state index in [1.54, 1.807) is 18.2 Å². The fraction of sp³-hybridized carbons (Fsp3) is 0. The Bertz CT molecular complexity index is 858. The number of hydrogen-bond acceptors (Lipinski definition) is 6. The predicted octanol–water partition coefficient (Wildman–Crippen LogP) is 2.59. The maximum atomic E-state index is 6.68. The largest absolute Gasteiger partial charge is 0.442 e. The molecule has 0 spiro atoms. The molecule has 104 valence electrons. The molecule has 9 heteroatoms. The summed E-state index contributed by atoms with van der Waals surface area (Å²) < 4.78 is 5.19. The van der Waals surface area contributed by atoms with E-state index in [4.69, 9.17) is 27.3 Å². The van der Waals surface area contributed by atoms with E-state index in [9.17, 15) is 0 Å². The molecule has 0 aliphatic heterocycles. The van der Waals surface area contributed by atoms with Gasteiger partial charge >= 0.3 is 0 Å². The standard InChI is InChI=1S/C12H8ClN7O/c13-7-1-6(2-9-11(7)21-5-18-9)8-3-10(17-4-16-8)12(14)19-20-15/h1-5H,(H3,14,15,19). The van der Waals surface area contributed by atoms with Crippen molar-refractivity contribution in [3.63, 3.8) is 0 Å².